The SMILES string of the molecule is Cc1cccc2cnc(CCO)n12. The summed E-state index contributed by atoms with van der Waals surface area (Å²) in [7, 11) is 0. The van der Waals surface area contributed by atoms with Gasteiger partial charge in [0.1, 0.15) is 5.82 Å². The zero-order valence-corrected chi connectivity index (χ0v) is 7.57. The first-order valence-electron chi connectivity index (χ1n) is 4.36. The standard InChI is InChI=1S/C10H12N2O/c1-8-3-2-4-9-7-11-10(5-6-13)12(8)9/h2-4,7,13H,5-6H2,1H3. The third kappa shape index (κ3) is 1.31. The van der Waals surface area contributed by atoms with Crippen molar-refractivity contribution in [3.8, 4) is 0 Å². The van der Waals surface area contributed by atoms with E-state index in [-0.39, 0.29) is 6.61 Å². The van der Waals surface area contributed by atoms with Crippen LogP contribution in [0.5, 0.6) is 0 Å². The van der Waals surface area contributed by atoms with Crippen LogP contribution in [0.25, 0.3) is 5.52 Å². The molecular weight excluding hydrogens is 164 g/mol. The predicted octanol–water partition coefficient (Wildman–Crippen LogP) is 1.18. The van der Waals surface area contributed by atoms with Gasteiger partial charge in [-0.15, -0.1) is 0 Å². The summed E-state index contributed by atoms with van der Waals surface area (Å²) in [6, 6.07) is 6.06. The highest BCUT2D eigenvalue weighted by molar-refractivity contribution is 5.47. The molecule has 0 aliphatic rings. The fourth-order valence-electron chi connectivity index (χ4n) is 1.57. The normalized spacial score (nSPS) is 10.9. The topological polar surface area (TPSA) is 37.5 Å². The first-order valence-corrected chi connectivity index (χ1v) is 4.36. The van der Waals surface area contributed by atoms with Crippen LogP contribution in [0, 0.1) is 6.92 Å². The molecule has 2 rings (SSSR count). The molecule has 3 heteroatoms. The van der Waals surface area contributed by atoms with Crippen LogP contribution in [0.1, 0.15) is 11.5 Å². The molecule has 0 aliphatic heterocycles. The molecule has 0 aromatic carbocycles. The van der Waals surface area contributed by atoms with Crippen molar-refractivity contribution in [1.82, 2.24) is 9.38 Å². The Bertz CT molecular complexity index is 420. The van der Waals surface area contributed by atoms with Crippen LogP contribution in [0.15, 0.2) is 24.4 Å². The van der Waals surface area contributed by atoms with Crippen molar-refractivity contribution in [3.05, 3.63) is 35.9 Å². The predicted molar refractivity (Wildman–Crippen MR) is 50.7 cm³/mol. The van der Waals surface area contributed by atoms with Crippen LogP contribution in [0.4, 0.5) is 0 Å². The minimum atomic E-state index is 0.146. The van der Waals surface area contributed by atoms with E-state index in [1.54, 1.807) is 0 Å². The largest absolute Gasteiger partial charge is 0.396 e. The van der Waals surface area contributed by atoms with Crippen molar-refractivity contribution in [2.45, 2.75) is 13.3 Å². The Morgan fingerprint density at radius 1 is 1.46 bits per heavy atom. The minimum Gasteiger partial charge on any atom is -0.396 e. The fraction of sp³-hybridized carbons (Fsp3) is 0.300. The van der Waals surface area contributed by atoms with E-state index in [4.69, 9.17) is 5.11 Å². The molecule has 0 radical (unpaired) electrons. The number of nitrogens with zero attached hydrogens (tertiary/aromatic N) is 2. The summed E-state index contributed by atoms with van der Waals surface area (Å²) in [5.74, 6) is 0.926. The molecule has 0 spiro atoms. The second kappa shape index (κ2) is 3.18. The van der Waals surface area contributed by atoms with Crippen molar-refractivity contribution in [3.63, 3.8) is 0 Å². The quantitative estimate of drug-likeness (QED) is 0.746. The van der Waals surface area contributed by atoms with E-state index in [0.717, 1.165) is 17.0 Å². The van der Waals surface area contributed by atoms with Gasteiger partial charge in [0.25, 0.3) is 0 Å². The first-order chi connectivity index (χ1) is 6.33. The molecule has 0 saturated heterocycles. The minimum absolute atomic E-state index is 0.146. The number of fused-ring (bicyclic) bond motifs is 1. The van der Waals surface area contributed by atoms with Crippen molar-refractivity contribution >= 4 is 5.52 Å². The van der Waals surface area contributed by atoms with Gasteiger partial charge in [0, 0.05) is 12.1 Å². The van der Waals surface area contributed by atoms with E-state index in [2.05, 4.69) is 9.38 Å². The van der Waals surface area contributed by atoms with Gasteiger partial charge >= 0.3 is 0 Å². The molecule has 0 fully saturated rings. The molecule has 0 amide bonds. The molecule has 0 atom stereocenters. The smallest absolute Gasteiger partial charge is 0.115 e. The molecular formula is C10H12N2O. The molecule has 0 saturated carbocycles. The third-order valence-corrected chi connectivity index (χ3v) is 2.15. The summed E-state index contributed by atoms with van der Waals surface area (Å²) in [5, 5.41) is 8.84. The molecule has 1 N–H and O–H groups in total. The number of aryl methyl sites for hydroxylation is 1. The lowest BCUT2D eigenvalue weighted by molar-refractivity contribution is 0.296. The zero-order valence-electron chi connectivity index (χ0n) is 7.57. The molecule has 3 nitrogen and oxygen atoms in total. The molecule has 2 aromatic heterocycles. The van der Waals surface area contributed by atoms with Crippen molar-refractivity contribution in [1.29, 1.82) is 0 Å². The number of hydrogen-bond donors (Lipinski definition) is 1. The average Bonchev–Trinajstić information content (AvgIpc) is 2.51. The van der Waals surface area contributed by atoms with Crippen LogP contribution in [-0.4, -0.2) is 21.1 Å². The summed E-state index contributed by atoms with van der Waals surface area (Å²) in [5.41, 5.74) is 2.24. The van der Waals surface area contributed by atoms with Gasteiger partial charge < -0.3 is 9.51 Å². The maximum absolute atomic E-state index is 8.84. The molecule has 2 aromatic rings. The Hall–Kier alpha value is -1.35. The van der Waals surface area contributed by atoms with Crippen LogP contribution in [0.2, 0.25) is 0 Å². The van der Waals surface area contributed by atoms with Crippen molar-refractivity contribution < 1.29 is 5.11 Å². The average molecular weight is 176 g/mol. The van der Waals surface area contributed by atoms with E-state index in [1.165, 1.54) is 0 Å². The van der Waals surface area contributed by atoms with Gasteiger partial charge in [-0.1, -0.05) is 6.07 Å². The summed E-state index contributed by atoms with van der Waals surface area (Å²) in [6.45, 7) is 2.18. The van der Waals surface area contributed by atoms with Gasteiger partial charge in [0.2, 0.25) is 0 Å². The van der Waals surface area contributed by atoms with Crippen LogP contribution >= 0.6 is 0 Å². The highest BCUT2D eigenvalue weighted by atomic mass is 16.3. The van der Waals surface area contributed by atoms with E-state index in [9.17, 15) is 0 Å². The molecule has 0 aliphatic carbocycles. The van der Waals surface area contributed by atoms with Gasteiger partial charge in [-0.05, 0) is 19.1 Å². The Kier molecular flexibility index (Phi) is 2.02. The monoisotopic (exact) mass is 176 g/mol. The fourth-order valence-corrected chi connectivity index (χ4v) is 1.57. The van der Waals surface area contributed by atoms with E-state index < -0.39 is 0 Å². The zero-order chi connectivity index (χ0) is 9.26. The van der Waals surface area contributed by atoms with Crippen molar-refractivity contribution in [2.75, 3.05) is 6.61 Å². The third-order valence-electron chi connectivity index (χ3n) is 2.15. The first kappa shape index (κ1) is 8.26. The summed E-state index contributed by atoms with van der Waals surface area (Å²) >= 11 is 0. The highest BCUT2D eigenvalue weighted by Gasteiger charge is 2.03. The number of hydrogen-bond acceptors (Lipinski definition) is 2. The maximum Gasteiger partial charge on any atom is 0.115 e. The maximum atomic E-state index is 8.84. The Labute approximate surface area is 76.7 Å². The Morgan fingerprint density at radius 3 is 3.08 bits per heavy atom. The molecule has 13 heavy (non-hydrogen) atoms. The second-order valence-electron chi connectivity index (χ2n) is 3.08. The lowest BCUT2D eigenvalue weighted by Crippen LogP contribution is -2.00. The summed E-state index contributed by atoms with van der Waals surface area (Å²) < 4.78 is 2.07. The number of aliphatic hydroxyl groups is 1. The van der Waals surface area contributed by atoms with Gasteiger partial charge in [-0.2, -0.15) is 0 Å². The summed E-state index contributed by atoms with van der Waals surface area (Å²) in [6.07, 6.45) is 2.44. The number of aliphatic hydroxyl groups excluding tert-OH is 1. The van der Waals surface area contributed by atoms with Gasteiger partial charge in [-0.3, -0.25) is 0 Å². The van der Waals surface area contributed by atoms with Crippen LogP contribution in [-0.2, 0) is 6.42 Å². The Balaban J connectivity index is 2.64. The number of pyridine rings is 1. The lowest BCUT2D eigenvalue weighted by atomic mass is 10.3. The van der Waals surface area contributed by atoms with E-state index in [1.807, 2.05) is 31.3 Å². The molecule has 2 heterocycles. The van der Waals surface area contributed by atoms with Gasteiger partial charge in [0.05, 0.1) is 18.3 Å². The second-order valence-corrected chi connectivity index (χ2v) is 3.08. The van der Waals surface area contributed by atoms with E-state index in [0.29, 0.717) is 6.42 Å². The Morgan fingerprint density at radius 2 is 2.31 bits per heavy atom. The molecule has 0 bridgehead atoms. The molecule has 0 unspecified atom stereocenters. The number of rotatable bonds is 2. The van der Waals surface area contributed by atoms with Crippen LogP contribution < -0.4 is 0 Å². The lowest BCUT2D eigenvalue weighted by Gasteiger charge is -2.02. The van der Waals surface area contributed by atoms with Crippen LogP contribution in [0.3, 0.4) is 0 Å². The highest BCUT2D eigenvalue weighted by Crippen LogP contribution is 2.10. The van der Waals surface area contributed by atoms with Gasteiger partial charge in [-0.25, -0.2) is 4.98 Å². The van der Waals surface area contributed by atoms with Crippen molar-refractivity contribution in [2.24, 2.45) is 0 Å². The number of aromatic nitrogens is 2. The molecule has 68 valence electrons. The number of imidazole rings is 1. The van der Waals surface area contributed by atoms with E-state index >= 15 is 0 Å². The summed E-state index contributed by atoms with van der Waals surface area (Å²) in [4.78, 5) is 4.25. The van der Waals surface area contributed by atoms with Gasteiger partial charge in [0.15, 0.2) is 0 Å².